The minimum atomic E-state index is -0.958. The molecule has 0 radical (unpaired) electrons. The van der Waals surface area contributed by atoms with E-state index in [1.165, 1.54) is 0 Å². The Balaban J connectivity index is 1.63. The van der Waals surface area contributed by atoms with Crippen molar-refractivity contribution < 1.29 is 19.5 Å². The molecule has 8 heteroatoms. The second-order valence-electron chi connectivity index (χ2n) is 11.4. The highest BCUT2D eigenvalue weighted by atomic mass is 16.4. The minimum absolute atomic E-state index is 0.0717. The molecule has 1 fully saturated rings. The lowest BCUT2D eigenvalue weighted by Crippen LogP contribution is -2.51. The number of nitrogens with zero attached hydrogens (tertiary/aromatic N) is 3. The SMILES string of the molecule is CCC(c1ccc(C(=O)NCCC(=O)O)cc1)N1C(=O)C(c2cccnc2)=NC12CCC(C(C)(C)C)CC2. The van der Waals surface area contributed by atoms with Gasteiger partial charge in [-0.3, -0.25) is 24.4 Å². The largest absolute Gasteiger partial charge is 0.481 e. The van der Waals surface area contributed by atoms with Gasteiger partial charge in [0.15, 0.2) is 0 Å². The minimum Gasteiger partial charge on any atom is -0.481 e. The molecular weight excluding hydrogens is 480 g/mol. The molecule has 2 amide bonds. The zero-order chi connectivity index (χ0) is 27.5. The van der Waals surface area contributed by atoms with Gasteiger partial charge in [0.25, 0.3) is 11.8 Å². The number of aliphatic imine (C=N–C) groups is 1. The van der Waals surface area contributed by atoms with E-state index in [1.54, 1.807) is 24.5 Å². The molecule has 1 unspecified atom stereocenters. The maximum absolute atomic E-state index is 14.0. The summed E-state index contributed by atoms with van der Waals surface area (Å²) in [6.07, 6.45) is 7.60. The van der Waals surface area contributed by atoms with Crippen LogP contribution in [0.3, 0.4) is 0 Å². The van der Waals surface area contributed by atoms with Gasteiger partial charge in [-0.1, -0.05) is 39.8 Å². The van der Waals surface area contributed by atoms with Crippen molar-refractivity contribution in [2.45, 2.75) is 77.9 Å². The van der Waals surface area contributed by atoms with Gasteiger partial charge in [0, 0.05) is 30.1 Å². The van der Waals surface area contributed by atoms with E-state index in [0.29, 0.717) is 23.6 Å². The number of amides is 2. The summed E-state index contributed by atoms with van der Waals surface area (Å²) in [5, 5.41) is 11.4. The first-order valence-electron chi connectivity index (χ1n) is 13.5. The predicted molar refractivity (Wildman–Crippen MR) is 146 cm³/mol. The molecular formula is C30H38N4O4. The first kappa shape index (κ1) is 27.5. The van der Waals surface area contributed by atoms with Crippen molar-refractivity contribution in [2.24, 2.45) is 16.3 Å². The van der Waals surface area contributed by atoms with Gasteiger partial charge in [-0.05, 0) is 73.3 Å². The molecule has 202 valence electrons. The Morgan fingerprint density at radius 1 is 1.16 bits per heavy atom. The summed E-state index contributed by atoms with van der Waals surface area (Å²) >= 11 is 0. The van der Waals surface area contributed by atoms with Gasteiger partial charge in [0.2, 0.25) is 0 Å². The van der Waals surface area contributed by atoms with Crippen molar-refractivity contribution in [2.75, 3.05) is 6.54 Å². The van der Waals surface area contributed by atoms with Crippen LogP contribution in [-0.2, 0) is 9.59 Å². The summed E-state index contributed by atoms with van der Waals surface area (Å²) in [7, 11) is 0. The highest BCUT2D eigenvalue weighted by Crippen LogP contribution is 2.49. The number of carbonyl (C=O) groups excluding carboxylic acids is 2. The molecule has 2 aliphatic rings. The molecule has 1 aromatic heterocycles. The number of pyridine rings is 1. The quantitative estimate of drug-likeness (QED) is 0.511. The van der Waals surface area contributed by atoms with Crippen molar-refractivity contribution in [3.05, 3.63) is 65.5 Å². The highest BCUT2D eigenvalue weighted by molar-refractivity contribution is 6.46. The van der Waals surface area contributed by atoms with E-state index in [0.717, 1.165) is 36.8 Å². The summed E-state index contributed by atoms with van der Waals surface area (Å²) in [5.74, 6) is -0.779. The number of rotatable bonds is 8. The van der Waals surface area contributed by atoms with Crippen LogP contribution in [0.1, 0.15) is 93.7 Å². The molecule has 1 aromatic carbocycles. The molecule has 1 aliphatic carbocycles. The lowest BCUT2D eigenvalue weighted by molar-refractivity contribution is -0.137. The van der Waals surface area contributed by atoms with Crippen molar-refractivity contribution >= 4 is 23.5 Å². The number of hydrogen-bond acceptors (Lipinski definition) is 5. The number of benzene rings is 1. The van der Waals surface area contributed by atoms with Crippen LogP contribution >= 0.6 is 0 Å². The number of carboxylic acid groups (broad SMARTS) is 1. The lowest BCUT2D eigenvalue weighted by atomic mass is 9.69. The highest BCUT2D eigenvalue weighted by Gasteiger charge is 2.52. The van der Waals surface area contributed by atoms with Crippen LogP contribution in [0.4, 0.5) is 0 Å². The van der Waals surface area contributed by atoms with Gasteiger partial charge >= 0.3 is 5.97 Å². The predicted octanol–water partition coefficient (Wildman–Crippen LogP) is 5.00. The third-order valence-corrected chi connectivity index (χ3v) is 8.02. The van der Waals surface area contributed by atoms with Gasteiger partial charge < -0.3 is 15.3 Å². The molecule has 8 nitrogen and oxygen atoms in total. The lowest BCUT2D eigenvalue weighted by Gasteiger charge is -2.47. The smallest absolute Gasteiger partial charge is 0.305 e. The summed E-state index contributed by atoms with van der Waals surface area (Å²) in [4.78, 5) is 48.6. The second-order valence-corrected chi connectivity index (χ2v) is 11.4. The molecule has 1 aliphatic heterocycles. The Hall–Kier alpha value is -3.55. The summed E-state index contributed by atoms with van der Waals surface area (Å²) < 4.78 is 0. The van der Waals surface area contributed by atoms with E-state index >= 15 is 0 Å². The summed E-state index contributed by atoms with van der Waals surface area (Å²) in [6, 6.07) is 10.8. The molecule has 0 saturated heterocycles. The normalized spacial score (nSPS) is 22.3. The van der Waals surface area contributed by atoms with Crippen LogP contribution in [0, 0.1) is 11.3 Å². The third-order valence-electron chi connectivity index (χ3n) is 8.02. The van der Waals surface area contributed by atoms with E-state index in [1.807, 2.05) is 29.2 Å². The molecule has 1 saturated carbocycles. The zero-order valence-electron chi connectivity index (χ0n) is 22.7. The van der Waals surface area contributed by atoms with Crippen LogP contribution < -0.4 is 5.32 Å². The Kier molecular flexibility index (Phi) is 7.99. The maximum atomic E-state index is 14.0. The third kappa shape index (κ3) is 5.64. The standard InChI is InChI=1S/C30H38N4O4/c1-5-24(20-8-10-21(11-9-20)27(37)32-18-14-25(35)36)34-28(38)26(22-7-6-17-31-19-22)33-30(34)15-12-23(13-16-30)29(2,3)4/h6-11,17,19,23-24H,5,12-16,18H2,1-4H3,(H,32,37)(H,35,36). The Bertz CT molecular complexity index is 1190. The summed E-state index contributed by atoms with van der Waals surface area (Å²) in [5.41, 5.74) is 2.21. The van der Waals surface area contributed by atoms with E-state index in [2.05, 4.69) is 38.0 Å². The van der Waals surface area contributed by atoms with Gasteiger partial charge in [-0.25, -0.2) is 0 Å². The molecule has 0 bridgehead atoms. The second kappa shape index (κ2) is 11.1. The molecule has 38 heavy (non-hydrogen) atoms. The average molecular weight is 519 g/mol. The van der Waals surface area contributed by atoms with Crippen LogP contribution in [0.2, 0.25) is 0 Å². The Labute approximate surface area is 224 Å². The van der Waals surface area contributed by atoms with Gasteiger partial charge in [-0.15, -0.1) is 0 Å². The monoisotopic (exact) mass is 518 g/mol. The number of aromatic nitrogens is 1. The number of hydrogen-bond donors (Lipinski definition) is 2. The van der Waals surface area contributed by atoms with E-state index in [-0.39, 0.29) is 36.2 Å². The van der Waals surface area contributed by atoms with Crippen LogP contribution in [0.5, 0.6) is 0 Å². The molecule has 4 rings (SSSR count). The zero-order valence-corrected chi connectivity index (χ0v) is 22.7. The van der Waals surface area contributed by atoms with E-state index in [4.69, 9.17) is 10.1 Å². The van der Waals surface area contributed by atoms with Crippen molar-refractivity contribution in [1.82, 2.24) is 15.2 Å². The maximum Gasteiger partial charge on any atom is 0.305 e. The van der Waals surface area contributed by atoms with Crippen molar-refractivity contribution in [3.63, 3.8) is 0 Å². The Morgan fingerprint density at radius 3 is 2.39 bits per heavy atom. The topological polar surface area (TPSA) is 112 Å². The number of nitrogens with one attached hydrogen (secondary N) is 1. The van der Waals surface area contributed by atoms with Crippen LogP contribution in [-0.4, -0.2) is 50.7 Å². The molecule has 1 atom stereocenters. The van der Waals surface area contributed by atoms with Crippen molar-refractivity contribution in [3.8, 4) is 0 Å². The van der Waals surface area contributed by atoms with Gasteiger partial charge in [-0.2, -0.15) is 0 Å². The van der Waals surface area contributed by atoms with E-state index < -0.39 is 11.6 Å². The first-order chi connectivity index (χ1) is 18.1. The fourth-order valence-electron chi connectivity index (χ4n) is 5.84. The molecule has 1 spiro atoms. The summed E-state index contributed by atoms with van der Waals surface area (Å²) in [6.45, 7) is 8.99. The molecule has 2 N–H and O–H groups in total. The number of aliphatic carboxylic acids is 1. The van der Waals surface area contributed by atoms with Gasteiger partial charge in [0.1, 0.15) is 11.4 Å². The fourth-order valence-corrected chi connectivity index (χ4v) is 5.84. The van der Waals surface area contributed by atoms with Crippen LogP contribution in [0.15, 0.2) is 53.8 Å². The Morgan fingerprint density at radius 2 is 1.84 bits per heavy atom. The van der Waals surface area contributed by atoms with Gasteiger partial charge in [0.05, 0.1) is 12.5 Å². The number of carboxylic acids is 1. The first-order valence-corrected chi connectivity index (χ1v) is 13.5. The van der Waals surface area contributed by atoms with E-state index in [9.17, 15) is 14.4 Å². The fraction of sp³-hybridized carbons (Fsp3) is 0.500. The number of carbonyl (C=O) groups is 3. The average Bonchev–Trinajstić information content (AvgIpc) is 3.16. The molecule has 2 aromatic rings. The van der Waals surface area contributed by atoms with Crippen LogP contribution in [0.25, 0.3) is 0 Å². The van der Waals surface area contributed by atoms with Crippen molar-refractivity contribution in [1.29, 1.82) is 0 Å². The molecule has 2 heterocycles.